The summed E-state index contributed by atoms with van der Waals surface area (Å²) in [5.41, 5.74) is 4.58. The summed E-state index contributed by atoms with van der Waals surface area (Å²) < 4.78 is 47.5. The van der Waals surface area contributed by atoms with Crippen LogP contribution in [0.1, 0.15) is 25.7 Å². The third kappa shape index (κ3) is 7.06. The van der Waals surface area contributed by atoms with Gasteiger partial charge in [0.05, 0.1) is 37.6 Å². The highest BCUT2D eigenvalue weighted by Gasteiger charge is 2.66. The van der Waals surface area contributed by atoms with Gasteiger partial charge in [0.1, 0.15) is 17.0 Å². The number of rotatable bonds is 15. The Bertz CT molecular complexity index is 2060. The molecule has 0 radical (unpaired) electrons. The number of carbonyl (C=O) groups excluding carboxylic acids is 2. The zero-order valence-corrected chi connectivity index (χ0v) is 28.9. The van der Waals surface area contributed by atoms with Gasteiger partial charge >= 0.3 is 5.97 Å². The number of aliphatic carboxylic acids is 1. The first-order chi connectivity index (χ1) is 25.4. The average Bonchev–Trinajstić information content (AvgIpc) is 4.05. The van der Waals surface area contributed by atoms with Crippen LogP contribution in [-0.2, 0) is 14.4 Å². The number of nitrogens with two attached hydrogens (primary N) is 1. The number of β-amino-alcohol motifs (C(OH)–C–C–N with tert-alkyl or cyclic N) is 1. The van der Waals surface area contributed by atoms with Crippen LogP contribution in [0.25, 0.3) is 10.9 Å². The van der Waals surface area contributed by atoms with Crippen molar-refractivity contribution in [1.82, 2.24) is 15.2 Å². The Morgan fingerprint density at radius 2 is 1.77 bits per heavy atom. The molecule has 3 atom stereocenters. The molecule has 3 fully saturated rings. The van der Waals surface area contributed by atoms with Gasteiger partial charge in [0.2, 0.25) is 11.8 Å². The number of hydrogen-bond donors (Lipinski definition) is 4. The molecule has 278 valence electrons. The number of aliphatic hydroxyl groups is 1. The zero-order chi connectivity index (χ0) is 37.5. The Hall–Kier alpha value is -5.38. The number of hydrogen-bond acceptors (Lipinski definition) is 10. The van der Waals surface area contributed by atoms with Crippen molar-refractivity contribution in [1.29, 1.82) is 0 Å². The molecule has 1 aliphatic heterocycles. The summed E-state index contributed by atoms with van der Waals surface area (Å²) in [5, 5.41) is 22.6. The molecule has 2 aliphatic carbocycles. The van der Waals surface area contributed by atoms with E-state index in [0.717, 1.165) is 55.5 Å². The lowest BCUT2D eigenvalue weighted by atomic mass is 10.0. The number of carbonyl (C=O) groups is 3. The normalized spacial score (nSPS) is 21.4. The number of fused-ring (bicyclic) bond motifs is 1. The van der Waals surface area contributed by atoms with Crippen LogP contribution in [-0.4, -0.2) is 89.9 Å². The third-order valence-electron chi connectivity index (χ3n) is 10.4. The van der Waals surface area contributed by atoms with E-state index in [4.69, 9.17) is 25.1 Å². The van der Waals surface area contributed by atoms with Crippen molar-refractivity contribution >= 4 is 40.1 Å². The number of pyridine rings is 1. The summed E-state index contributed by atoms with van der Waals surface area (Å²) in [5.74, 6) is -3.48. The zero-order valence-electron chi connectivity index (χ0n) is 28.9. The van der Waals surface area contributed by atoms with Crippen molar-refractivity contribution < 1.29 is 47.6 Å². The van der Waals surface area contributed by atoms with Gasteiger partial charge in [-0.25, -0.2) is 8.78 Å². The summed E-state index contributed by atoms with van der Waals surface area (Å²) in [6.07, 6.45) is 4.09. The van der Waals surface area contributed by atoms with Crippen LogP contribution in [0.15, 0.2) is 66.9 Å². The smallest absolute Gasteiger partial charge is 0.317 e. The van der Waals surface area contributed by atoms with Crippen molar-refractivity contribution in [2.75, 3.05) is 44.8 Å². The molecule has 1 aromatic heterocycles. The second-order valence-corrected chi connectivity index (χ2v) is 13.8. The lowest BCUT2D eigenvalue weighted by Gasteiger charge is -2.27. The van der Waals surface area contributed by atoms with E-state index < -0.39 is 47.4 Å². The maximum Gasteiger partial charge on any atom is 0.317 e. The van der Waals surface area contributed by atoms with Crippen LogP contribution in [0.2, 0.25) is 0 Å². The highest BCUT2D eigenvalue weighted by Crippen LogP contribution is 2.53. The average molecular weight is 732 g/mol. The SMILES string of the molecule is COc1cc2c(Oc3ccc(N(C(=O)C4(C(N)=O)CC4NCC(=O)O)c4ccc(F)cc4)cc3F)ccnc2cc1OCCCN1CC(O)C2(CC2)C1. The Balaban J connectivity index is 1.10. The number of nitrogens with one attached hydrogen (secondary N) is 1. The number of anilines is 2. The van der Waals surface area contributed by atoms with E-state index >= 15 is 4.39 Å². The predicted molar refractivity (Wildman–Crippen MR) is 188 cm³/mol. The van der Waals surface area contributed by atoms with Crippen molar-refractivity contribution in [3.63, 3.8) is 0 Å². The van der Waals surface area contributed by atoms with Crippen LogP contribution >= 0.6 is 0 Å². The lowest BCUT2D eigenvalue weighted by molar-refractivity contribution is -0.137. The number of primary amides is 1. The fraction of sp³-hybridized carbons (Fsp3) is 0.368. The molecule has 1 saturated heterocycles. The number of likely N-dealkylation sites (tertiary alicyclic amines) is 1. The number of ether oxygens (including phenoxy) is 3. The third-order valence-corrected chi connectivity index (χ3v) is 10.4. The van der Waals surface area contributed by atoms with Gasteiger partial charge in [-0.05, 0) is 74.2 Å². The number of halogens is 2. The van der Waals surface area contributed by atoms with E-state index in [1.54, 1.807) is 18.2 Å². The Morgan fingerprint density at radius 3 is 2.43 bits per heavy atom. The van der Waals surface area contributed by atoms with Gasteiger partial charge in [-0.2, -0.15) is 0 Å². The van der Waals surface area contributed by atoms with Gasteiger partial charge in [-0.1, -0.05) is 0 Å². The predicted octanol–water partition coefficient (Wildman–Crippen LogP) is 4.12. The molecule has 3 unspecified atom stereocenters. The minimum Gasteiger partial charge on any atom is -0.493 e. The van der Waals surface area contributed by atoms with Crippen LogP contribution < -0.4 is 30.2 Å². The van der Waals surface area contributed by atoms with Crippen LogP contribution in [0.3, 0.4) is 0 Å². The summed E-state index contributed by atoms with van der Waals surface area (Å²) >= 11 is 0. The second kappa shape index (κ2) is 14.2. The van der Waals surface area contributed by atoms with Crippen molar-refractivity contribution in [2.45, 2.75) is 37.8 Å². The van der Waals surface area contributed by atoms with Crippen LogP contribution in [0.4, 0.5) is 20.2 Å². The number of methoxy groups -OCH3 is 1. The van der Waals surface area contributed by atoms with Crippen molar-refractivity contribution in [3.05, 3.63) is 78.5 Å². The minimum absolute atomic E-state index is 0.00744. The summed E-state index contributed by atoms with van der Waals surface area (Å²) in [6, 6.07) is 12.7. The van der Waals surface area contributed by atoms with E-state index in [-0.39, 0.29) is 40.8 Å². The minimum atomic E-state index is -1.82. The molecule has 53 heavy (non-hydrogen) atoms. The molecular weight excluding hydrogens is 692 g/mol. The largest absolute Gasteiger partial charge is 0.493 e. The number of amides is 2. The number of nitrogens with zero attached hydrogens (tertiary/aromatic N) is 3. The molecule has 2 heterocycles. The van der Waals surface area contributed by atoms with Gasteiger partial charge in [0.25, 0.3) is 0 Å². The van der Waals surface area contributed by atoms with Crippen LogP contribution in [0.5, 0.6) is 23.0 Å². The molecule has 15 heteroatoms. The summed E-state index contributed by atoms with van der Waals surface area (Å²) in [4.78, 5) is 45.6. The number of aliphatic hydroxyl groups excluding tert-OH is 1. The van der Waals surface area contributed by atoms with Gasteiger partial charge in [-0.15, -0.1) is 0 Å². The molecule has 2 amide bonds. The van der Waals surface area contributed by atoms with Gasteiger partial charge in [0, 0.05) is 60.5 Å². The molecule has 5 N–H and O–H groups in total. The molecule has 13 nitrogen and oxygen atoms in total. The molecular formula is C38H39F2N5O8. The fourth-order valence-corrected chi connectivity index (χ4v) is 7.17. The topological polar surface area (TPSA) is 177 Å². The van der Waals surface area contributed by atoms with Gasteiger partial charge in [0.15, 0.2) is 23.1 Å². The van der Waals surface area contributed by atoms with E-state index in [9.17, 15) is 23.9 Å². The highest BCUT2D eigenvalue weighted by molar-refractivity contribution is 6.17. The van der Waals surface area contributed by atoms with Crippen molar-refractivity contribution in [2.24, 2.45) is 16.6 Å². The molecule has 3 aromatic carbocycles. The van der Waals surface area contributed by atoms with E-state index in [1.807, 2.05) is 0 Å². The van der Waals surface area contributed by atoms with E-state index in [2.05, 4.69) is 15.2 Å². The maximum absolute atomic E-state index is 15.9. The van der Waals surface area contributed by atoms with Crippen molar-refractivity contribution in [3.8, 4) is 23.0 Å². The van der Waals surface area contributed by atoms with E-state index in [0.29, 0.717) is 35.6 Å². The molecule has 2 saturated carbocycles. The summed E-state index contributed by atoms with van der Waals surface area (Å²) in [6.45, 7) is 2.32. The van der Waals surface area contributed by atoms with Gasteiger partial charge in [-0.3, -0.25) is 29.2 Å². The first-order valence-corrected chi connectivity index (χ1v) is 17.3. The number of aromatic nitrogens is 1. The first kappa shape index (κ1) is 36.0. The second-order valence-electron chi connectivity index (χ2n) is 13.8. The number of carboxylic acid groups (broad SMARTS) is 1. The maximum atomic E-state index is 15.9. The molecule has 1 spiro atoms. The van der Waals surface area contributed by atoms with Crippen LogP contribution in [0, 0.1) is 22.5 Å². The lowest BCUT2D eigenvalue weighted by Crippen LogP contribution is -2.46. The van der Waals surface area contributed by atoms with E-state index in [1.165, 1.54) is 37.6 Å². The Kier molecular flexibility index (Phi) is 9.65. The molecule has 4 aromatic rings. The molecule has 0 bridgehead atoms. The molecule has 3 aliphatic rings. The first-order valence-electron chi connectivity index (χ1n) is 17.3. The standard InChI is InChI=1S/C38H39F2N5O8/c1-51-30-16-25-27(17-31(30)52-14-2-13-44-20-33(46)37(21-44)10-11-37)42-12-9-28(25)53-29-8-7-24(15-26(29)40)45(23-5-3-22(39)4-6-23)36(50)38(35(41)49)18-32(38)43-19-34(47)48/h3-9,12,15-17,32-33,43,46H,2,10-11,13-14,18-21H2,1H3,(H2,41,49)(H,47,48). The quantitative estimate of drug-likeness (QED) is 0.102. The fourth-order valence-electron chi connectivity index (χ4n) is 7.17. The molecule has 7 rings (SSSR count). The number of carboxylic acids is 1. The monoisotopic (exact) mass is 731 g/mol. The van der Waals surface area contributed by atoms with Gasteiger partial charge < -0.3 is 35.5 Å². The summed E-state index contributed by atoms with van der Waals surface area (Å²) in [7, 11) is 1.51. The number of benzene rings is 3. The highest BCUT2D eigenvalue weighted by atomic mass is 19.1. The Labute approximate surface area is 303 Å². The Morgan fingerprint density at radius 1 is 1.02 bits per heavy atom.